The molecule has 0 aliphatic carbocycles. The molecule has 4 N–H and O–H groups in total. The average Bonchev–Trinajstić information content (AvgIpc) is 3.78. The minimum absolute atomic E-state index is 0.0587. The van der Waals surface area contributed by atoms with Crippen LogP contribution >= 0.6 is 0 Å². The summed E-state index contributed by atoms with van der Waals surface area (Å²) in [7, 11) is -3.17. The monoisotopic (exact) mass is 775 g/mol. The molecule has 3 heterocycles. The zero-order valence-electron chi connectivity index (χ0n) is 31.5. The van der Waals surface area contributed by atoms with Crippen molar-refractivity contribution < 1.29 is 33.9 Å². The number of hydrogen-bond acceptors (Lipinski definition) is 8. The number of aromatic amines is 1. The van der Waals surface area contributed by atoms with Crippen molar-refractivity contribution in [2.24, 2.45) is 5.92 Å². The fourth-order valence-corrected chi connectivity index (χ4v) is 11.2. The number of nitrogens with one attached hydrogen (secondary N) is 2. The zero-order valence-corrected chi connectivity index (χ0v) is 32.5. The Hall–Kier alpha value is -5.67. The van der Waals surface area contributed by atoms with E-state index < -0.39 is 42.3 Å². The number of fused-ring (bicyclic) bond motifs is 3. The van der Waals surface area contributed by atoms with Gasteiger partial charge in [0.2, 0.25) is 11.8 Å². The number of aliphatic hydroxyl groups excluding tert-OH is 1. The smallest absolute Gasteiger partial charge is 0.269 e. The van der Waals surface area contributed by atoms with E-state index in [4.69, 9.17) is 4.74 Å². The van der Waals surface area contributed by atoms with Crippen LogP contribution in [0.1, 0.15) is 35.6 Å². The molecule has 2 aliphatic rings. The maximum absolute atomic E-state index is 15.0. The quantitative estimate of drug-likeness (QED) is 0.0638. The van der Waals surface area contributed by atoms with E-state index in [0.717, 1.165) is 22.0 Å². The number of rotatable bonds is 13. The summed E-state index contributed by atoms with van der Waals surface area (Å²) in [5.41, 5.74) is 2.09. The van der Waals surface area contributed by atoms with Gasteiger partial charge in [0.05, 0.1) is 42.7 Å². The lowest BCUT2D eigenvalue weighted by Gasteiger charge is -2.32. The van der Waals surface area contributed by atoms with Crippen molar-refractivity contribution in [2.75, 3.05) is 23.4 Å². The first-order chi connectivity index (χ1) is 26.8. The Labute approximate surface area is 325 Å². The van der Waals surface area contributed by atoms with Crippen LogP contribution in [0.25, 0.3) is 10.9 Å². The highest BCUT2D eigenvalue weighted by Gasteiger charge is 2.66. The number of benzene rings is 4. The summed E-state index contributed by atoms with van der Waals surface area (Å²) in [6, 6.07) is 28.5. The van der Waals surface area contributed by atoms with Gasteiger partial charge in [0.15, 0.2) is 13.9 Å². The molecule has 1 spiro atoms. The Morgan fingerprint density at radius 1 is 1.02 bits per heavy atom. The van der Waals surface area contributed by atoms with E-state index in [1.807, 2.05) is 73.8 Å². The van der Waals surface area contributed by atoms with E-state index >= 15 is 0 Å². The van der Waals surface area contributed by atoms with Gasteiger partial charge >= 0.3 is 0 Å². The van der Waals surface area contributed by atoms with E-state index in [0.29, 0.717) is 22.5 Å². The molecule has 0 bridgehead atoms. The Morgan fingerprint density at radius 3 is 2.48 bits per heavy atom. The van der Waals surface area contributed by atoms with Gasteiger partial charge in [0, 0.05) is 65.0 Å². The predicted molar refractivity (Wildman–Crippen MR) is 214 cm³/mol. The van der Waals surface area contributed by atoms with Crippen molar-refractivity contribution in [3.8, 4) is 0 Å². The van der Waals surface area contributed by atoms with Gasteiger partial charge in [-0.05, 0) is 54.0 Å². The standard InChI is InChI=1S/C42H45N5O8Si/c1-27-40(56(2,3)54)37(23-39(50)45(18-19-48)25-28-10-5-4-6-11-28)55-42(27)34-22-32(47(52)53)16-17-36(34)46(41(42)51)26-29-12-9-13-31(20-29)44-38(49)21-30-24-43-35-15-8-7-14-33(30)35/h4-17,20,22,24,27,37,40,43,48,54H,18-19,21,23,25-26H2,1-3H3,(H,44,49)/t27-,37+,40-,42+/m0/s1. The molecule has 13 nitrogen and oxygen atoms in total. The number of H-pyrrole nitrogens is 1. The van der Waals surface area contributed by atoms with Crippen LogP contribution in [0, 0.1) is 16.0 Å². The van der Waals surface area contributed by atoms with Gasteiger partial charge in [0.1, 0.15) is 0 Å². The minimum Gasteiger partial charge on any atom is -0.432 e. The molecule has 3 amide bonds. The lowest BCUT2D eigenvalue weighted by atomic mass is 9.82. The maximum Gasteiger partial charge on any atom is 0.269 e. The summed E-state index contributed by atoms with van der Waals surface area (Å²) in [6.07, 6.45) is 0.915. The van der Waals surface area contributed by atoms with Crippen LogP contribution in [-0.2, 0) is 44.2 Å². The molecular formula is C42H45N5O8Si. The summed E-state index contributed by atoms with van der Waals surface area (Å²) in [5.74, 6) is -1.65. The number of aromatic nitrogens is 1. The Kier molecular flexibility index (Phi) is 10.7. The van der Waals surface area contributed by atoms with Gasteiger partial charge in [-0.3, -0.25) is 24.5 Å². The van der Waals surface area contributed by atoms with E-state index in [2.05, 4.69) is 10.3 Å². The summed E-state index contributed by atoms with van der Waals surface area (Å²) < 4.78 is 6.80. The number of amides is 3. The van der Waals surface area contributed by atoms with Crippen molar-refractivity contribution in [3.05, 3.63) is 136 Å². The van der Waals surface area contributed by atoms with Gasteiger partial charge in [-0.2, -0.15) is 0 Å². The van der Waals surface area contributed by atoms with E-state index in [1.165, 1.54) is 21.9 Å². The molecular weight excluding hydrogens is 731 g/mol. The van der Waals surface area contributed by atoms with Gasteiger partial charge < -0.3 is 34.7 Å². The van der Waals surface area contributed by atoms with Gasteiger partial charge in [-0.25, -0.2) is 0 Å². The van der Waals surface area contributed by atoms with Gasteiger partial charge in [-0.15, -0.1) is 0 Å². The molecule has 5 aromatic rings. The van der Waals surface area contributed by atoms with E-state index in [1.54, 1.807) is 37.4 Å². The summed E-state index contributed by atoms with van der Waals surface area (Å²) in [5, 5.41) is 25.9. The zero-order chi connectivity index (χ0) is 39.8. The number of nitrogens with zero attached hydrogens (tertiary/aromatic N) is 3. The molecule has 4 atom stereocenters. The van der Waals surface area contributed by atoms with Crippen LogP contribution in [0.5, 0.6) is 0 Å². The number of carbonyl (C=O) groups is 3. The number of ether oxygens (including phenoxy) is 1. The maximum atomic E-state index is 15.0. The number of carbonyl (C=O) groups excluding carboxylic acids is 3. The van der Waals surface area contributed by atoms with Crippen molar-refractivity contribution in [1.82, 2.24) is 9.88 Å². The molecule has 2 aliphatic heterocycles. The fourth-order valence-electron chi connectivity index (χ4n) is 8.64. The second-order valence-electron chi connectivity index (χ2n) is 15.2. The molecule has 4 aromatic carbocycles. The van der Waals surface area contributed by atoms with Crippen molar-refractivity contribution in [2.45, 2.75) is 63.2 Å². The molecule has 0 unspecified atom stereocenters. The van der Waals surface area contributed by atoms with Gasteiger partial charge in [0.25, 0.3) is 11.6 Å². The predicted octanol–water partition coefficient (Wildman–Crippen LogP) is 6.01. The summed E-state index contributed by atoms with van der Waals surface area (Å²) in [4.78, 5) is 71.6. The fraction of sp³-hybridized carbons (Fsp3) is 0.310. The number of hydrogen-bond donors (Lipinski definition) is 4. The molecule has 1 aromatic heterocycles. The van der Waals surface area contributed by atoms with Crippen LogP contribution in [-0.4, -0.2) is 70.0 Å². The number of aliphatic hydroxyl groups is 1. The van der Waals surface area contributed by atoms with Crippen LogP contribution in [0.3, 0.4) is 0 Å². The largest absolute Gasteiger partial charge is 0.432 e. The summed E-state index contributed by atoms with van der Waals surface area (Å²) in [6.45, 7) is 5.43. The number of para-hydroxylation sites is 1. The minimum atomic E-state index is -3.17. The highest BCUT2D eigenvalue weighted by molar-refractivity contribution is 6.71. The number of non-ortho nitro benzene ring substituents is 1. The number of nitro groups is 1. The van der Waals surface area contributed by atoms with Crippen LogP contribution in [0.4, 0.5) is 17.1 Å². The second-order valence-corrected chi connectivity index (χ2v) is 19.2. The Morgan fingerprint density at radius 2 is 1.75 bits per heavy atom. The third-order valence-corrected chi connectivity index (χ3v) is 13.6. The highest BCUT2D eigenvalue weighted by atomic mass is 28.4. The number of nitro benzene ring substituents is 1. The van der Waals surface area contributed by atoms with Crippen molar-refractivity contribution in [1.29, 1.82) is 0 Å². The summed E-state index contributed by atoms with van der Waals surface area (Å²) >= 11 is 0. The highest BCUT2D eigenvalue weighted by Crippen LogP contribution is 2.60. The molecule has 1 fully saturated rings. The van der Waals surface area contributed by atoms with E-state index in [-0.39, 0.29) is 56.6 Å². The second kappa shape index (κ2) is 15.5. The molecule has 290 valence electrons. The first-order valence-electron chi connectivity index (χ1n) is 18.7. The van der Waals surface area contributed by atoms with Crippen LogP contribution in [0.2, 0.25) is 18.6 Å². The third kappa shape index (κ3) is 7.35. The third-order valence-electron chi connectivity index (χ3n) is 11.1. The normalized spacial score (nSPS) is 20.4. The molecule has 1 saturated heterocycles. The Bertz CT molecular complexity index is 2290. The SMILES string of the molecule is C[C@H]1[C@H]([Si](C)(C)O)[C@@H](CC(=O)N(CCO)Cc2ccccc2)O[C@]12C(=O)N(Cc1cccc(NC(=O)Cc3c[nH]c4ccccc34)c1)c1ccc([N+](=O)[O-])cc12. The van der Waals surface area contributed by atoms with Gasteiger partial charge in [-0.1, -0.05) is 67.6 Å². The van der Waals surface area contributed by atoms with Crippen molar-refractivity contribution in [3.63, 3.8) is 0 Å². The molecule has 0 saturated carbocycles. The first-order valence-corrected chi connectivity index (χ1v) is 21.7. The molecule has 0 radical (unpaired) electrons. The van der Waals surface area contributed by atoms with E-state index in [9.17, 15) is 34.4 Å². The van der Waals surface area contributed by atoms with Crippen molar-refractivity contribution >= 4 is 54.0 Å². The molecule has 14 heteroatoms. The molecule has 56 heavy (non-hydrogen) atoms. The first kappa shape index (κ1) is 38.6. The lowest BCUT2D eigenvalue weighted by Crippen LogP contribution is -2.46. The van der Waals surface area contributed by atoms with Crippen LogP contribution in [0.15, 0.2) is 103 Å². The topological polar surface area (TPSA) is 178 Å². The van der Waals surface area contributed by atoms with Crippen LogP contribution < -0.4 is 10.2 Å². The average molecular weight is 776 g/mol. The molecule has 7 rings (SSSR count). The Balaban J connectivity index is 1.17. The lowest BCUT2D eigenvalue weighted by molar-refractivity contribution is -0.385. The number of anilines is 2.